The average Bonchev–Trinajstić information content (AvgIpc) is 3.24. The number of benzene rings is 2. The molecule has 1 amide bonds. The number of aromatic nitrogens is 5. The summed E-state index contributed by atoms with van der Waals surface area (Å²) < 4.78 is 15.8. The van der Waals surface area contributed by atoms with Crippen LogP contribution in [0.3, 0.4) is 0 Å². The molecule has 0 spiro atoms. The highest BCUT2D eigenvalue weighted by atomic mass is 19.1. The van der Waals surface area contributed by atoms with Gasteiger partial charge in [0.05, 0.1) is 29.0 Å². The summed E-state index contributed by atoms with van der Waals surface area (Å²) >= 11 is 0. The molecule has 2 aromatic heterocycles. The van der Waals surface area contributed by atoms with Gasteiger partial charge in [-0.15, -0.1) is 10.2 Å². The Hall–Kier alpha value is -3.94. The summed E-state index contributed by atoms with van der Waals surface area (Å²) in [6.07, 6.45) is 6.27. The lowest BCUT2D eigenvalue weighted by Crippen LogP contribution is -2.13. The van der Waals surface area contributed by atoms with Crippen molar-refractivity contribution in [2.24, 2.45) is 0 Å². The SMILES string of the molecule is Cc1cncc(-c2cccc(C(=O)Nc3cc(-n4cnnc4)ccc3F)c2)n1. The predicted molar refractivity (Wildman–Crippen MR) is 101 cm³/mol. The molecule has 0 atom stereocenters. The van der Waals surface area contributed by atoms with Crippen molar-refractivity contribution in [3.05, 3.63) is 84.6 Å². The molecule has 2 aromatic carbocycles. The molecular weight excluding hydrogens is 359 g/mol. The average molecular weight is 374 g/mol. The molecular formula is C20H15FN6O. The molecule has 0 aliphatic rings. The van der Waals surface area contributed by atoms with Gasteiger partial charge in [0.1, 0.15) is 18.5 Å². The lowest BCUT2D eigenvalue weighted by molar-refractivity contribution is 0.102. The van der Waals surface area contributed by atoms with E-state index in [1.807, 2.05) is 13.0 Å². The normalized spacial score (nSPS) is 10.6. The molecule has 8 heteroatoms. The maximum absolute atomic E-state index is 14.2. The second-order valence-corrected chi connectivity index (χ2v) is 6.11. The molecule has 0 radical (unpaired) electrons. The Morgan fingerprint density at radius 3 is 2.68 bits per heavy atom. The van der Waals surface area contributed by atoms with E-state index in [0.717, 1.165) is 11.3 Å². The van der Waals surface area contributed by atoms with E-state index in [9.17, 15) is 9.18 Å². The van der Waals surface area contributed by atoms with Crippen LogP contribution in [0.15, 0.2) is 67.5 Å². The number of nitrogens with zero attached hydrogens (tertiary/aromatic N) is 5. The molecule has 0 aliphatic heterocycles. The van der Waals surface area contributed by atoms with Crippen molar-refractivity contribution in [2.75, 3.05) is 5.32 Å². The van der Waals surface area contributed by atoms with Crippen molar-refractivity contribution in [3.8, 4) is 16.9 Å². The van der Waals surface area contributed by atoms with Crippen LogP contribution in [0.5, 0.6) is 0 Å². The fourth-order valence-corrected chi connectivity index (χ4v) is 2.72. The van der Waals surface area contributed by atoms with Gasteiger partial charge < -0.3 is 5.32 Å². The number of nitrogens with one attached hydrogen (secondary N) is 1. The zero-order valence-electron chi connectivity index (χ0n) is 14.9. The molecule has 4 aromatic rings. The lowest BCUT2D eigenvalue weighted by Gasteiger charge is -2.10. The predicted octanol–water partition coefficient (Wildman–Crippen LogP) is 3.42. The standard InChI is InChI=1S/C20H15FN6O/c1-13-9-22-10-19(25-13)14-3-2-4-15(7-14)20(28)26-18-8-16(5-6-17(18)21)27-11-23-24-12-27/h2-12H,1H3,(H,26,28). The van der Waals surface area contributed by atoms with Crippen molar-refractivity contribution in [1.29, 1.82) is 0 Å². The van der Waals surface area contributed by atoms with Gasteiger partial charge in [0.15, 0.2) is 0 Å². The molecule has 0 fully saturated rings. The lowest BCUT2D eigenvalue weighted by atomic mass is 10.1. The Morgan fingerprint density at radius 2 is 1.89 bits per heavy atom. The van der Waals surface area contributed by atoms with Crippen molar-refractivity contribution >= 4 is 11.6 Å². The zero-order chi connectivity index (χ0) is 19.5. The van der Waals surface area contributed by atoms with E-state index in [2.05, 4.69) is 25.5 Å². The summed E-state index contributed by atoms with van der Waals surface area (Å²) in [5.74, 6) is -0.965. The van der Waals surface area contributed by atoms with E-state index in [1.54, 1.807) is 41.2 Å². The summed E-state index contributed by atoms with van der Waals surface area (Å²) in [7, 11) is 0. The highest BCUT2D eigenvalue weighted by Gasteiger charge is 2.12. The maximum Gasteiger partial charge on any atom is 0.255 e. The molecule has 2 heterocycles. The van der Waals surface area contributed by atoms with Crippen LogP contribution in [-0.2, 0) is 0 Å². The number of hydrogen-bond donors (Lipinski definition) is 1. The Kier molecular flexibility index (Phi) is 4.59. The molecule has 7 nitrogen and oxygen atoms in total. The molecule has 0 saturated heterocycles. The Morgan fingerprint density at radius 1 is 1.07 bits per heavy atom. The quantitative estimate of drug-likeness (QED) is 0.592. The van der Waals surface area contributed by atoms with Gasteiger partial charge in [-0.2, -0.15) is 0 Å². The Balaban J connectivity index is 1.61. The summed E-state index contributed by atoms with van der Waals surface area (Å²) in [6.45, 7) is 1.85. The molecule has 1 N–H and O–H groups in total. The van der Waals surface area contributed by atoms with Crippen molar-refractivity contribution in [1.82, 2.24) is 24.7 Å². The van der Waals surface area contributed by atoms with E-state index < -0.39 is 11.7 Å². The van der Waals surface area contributed by atoms with Gasteiger partial charge in [-0.3, -0.25) is 14.3 Å². The Labute approximate surface area is 159 Å². The molecule has 138 valence electrons. The van der Waals surface area contributed by atoms with Crippen LogP contribution in [0.1, 0.15) is 16.1 Å². The topological polar surface area (TPSA) is 85.6 Å². The third-order valence-electron chi connectivity index (χ3n) is 4.09. The second kappa shape index (κ2) is 7.36. The van der Waals surface area contributed by atoms with Crippen LogP contribution in [0, 0.1) is 12.7 Å². The van der Waals surface area contributed by atoms with Crippen LogP contribution in [0.2, 0.25) is 0 Å². The van der Waals surface area contributed by atoms with Gasteiger partial charge >= 0.3 is 0 Å². The van der Waals surface area contributed by atoms with Gasteiger partial charge in [0.2, 0.25) is 0 Å². The van der Waals surface area contributed by atoms with E-state index in [1.165, 1.54) is 24.8 Å². The number of halogens is 1. The molecule has 0 bridgehead atoms. The zero-order valence-corrected chi connectivity index (χ0v) is 14.9. The molecule has 28 heavy (non-hydrogen) atoms. The molecule has 0 aliphatic carbocycles. The van der Waals surface area contributed by atoms with Crippen LogP contribution in [0.4, 0.5) is 10.1 Å². The maximum atomic E-state index is 14.2. The van der Waals surface area contributed by atoms with Gasteiger partial charge in [-0.25, -0.2) is 9.37 Å². The third-order valence-corrected chi connectivity index (χ3v) is 4.09. The Bertz CT molecular complexity index is 1140. The molecule has 0 unspecified atom stereocenters. The van der Waals surface area contributed by atoms with E-state index in [0.29, 0.717) is 16.9 Å². The largest absolute Gasteiger partial charge is 0.319 e. The smallest absolute Gasteiger partial charge is 0.255 e. The first-order chi connectivity index (χ1) is 13.6. The number of aryl methyl sites for hydroxylation is 1. The molecule has 0 saturated carbocycles. The minimum absolute atomic E-state index is 0.0666. The fraction of sp³-hybridized carbons (Fsp3) is 0.0500. The van der Waals surface area contributed by atoms with E-state index in [-0.39, 0.29) is 5.69 Å². The number of hydrogen-bond acceptors (Lipinski definition) is 5. The first-order valence-corrected chi connectivity index (χ1v) is 8.45. The van der Waals surface area contributed by atoms with Crippen LogP contribution in [-0.4, -0.2) is 30.6 Å². The highest BCUT2D eigenvalue weighted by molar-refractivity contribution is 6.05. The van der Waals surface area contributed by atoms with Gasteiger partial charge in [0, 0.05) is 17.3 Å². The van der Waals surface area contributed by atoms with Gasteiger partial charge in [0.25, 0.3) is 5.91 Å². The van der Waals surface area contributed by atoms with Gasteiger partial charge in [-0.1, -0.05) is 12.1 Å². The van der Waals surface area contributed by atoms with Crippen LogP contribution < -0.4 is 5.32 Å². The minimum Gasteiger partial charge on any atom is -0.319 e. The van der Waals surface area contributed by atoms with E-state index >= 15 is 0 Å². The van der Waals surface area contributed by atoms with Crippen molar-refractivity contribution in [3.63, 3.8) is 0 Å². The summed E-state index contributed by atoms with van der Waals surface area (Å²) in [5, 5.41) is 10.1. The number of carbonyl (C=O) groups excluding carboxylic acids is 1. The van der Waals surface area contributed by atoms with Crippen molar-refractivity contribution < 1.29 is 9.18 Å². The van der Waals surface area contributed by atoms with Crippen LogP contribution in [0.25, 0.3) is 16.9 Å². The van der Waals surface area contributed by atoms with Crippen LogP contribution >= 0.6 is 0 Å². The molecule has 4 rings (SSSR count). The summed E-state index contributed by atoms with van der Waals surface area (Å²) in [5.41, 5.74) is 3.27. The highest BCUT2D eigenvalue weighted by Crippen LogP contribution is 2.21. The number of amides is 1. The fourth-order valence-electron chi connectivity index (χ4n) is 2.72. The second-order valence-electron chi connectivity index (χ2n) is 6.11. The number of anilines is 1. The van der Waals surface area contributed by atoms with Crippen molar-refractivity contribution in [2.45, 2.75) is 6.92 Å². The monoisotopic (exact) mass is 374 g/mol. The summed E-state index contributed by atoms with van der Waals surface area (Å²) in [6, 6.07) is 11.3. The summed E-state index contributed by atoms with van der Waals surface area (Å²) in [4.78, 5) is 21.2. The first-order valence-electron chi connectivity index (χ1n) is 8.45. The van der Waals surface area contributed by atoms with E-state index in [4.69, 9.17) is 0 Å². The van der Waals surface area contributed by atoms with Gasteiger partial charge in [-0.05, 0) is 37.3 Å². The minimum atomic E-state index is -0.536. The number of carbonyl (C=O) groups is 1. The first kappa shape index (κ1) is 17.5. The third kappa shape index (κ3) is 3.61. The number of rotatable bonds is 4.